The Morgan fingerprint density at radius 3 is 2.59 bits per heavy atom. The number of anilines is 1. The van der Waals surface area contributed by atoms with Crippen molar-refractivity contribution < 1.29 is 13.2 Å². The van der Waals surface area contributed by atoms with Gasteiger partial charge < -0.3 is 5.32 Å². The van der Waals surface area contributed by atoms with Crippen molar-refractivity contribution >= 4 is 33.2 Å². The monoisotopic (exact) mass is 406 g/mol. The number of sulfonamides is 1. The fourth-order valence-electron chi connectivity index (χ4n) is 3.27. The van der Waals surface area contributed by atoms with E-state index in [0.29, 0.717) is 35.7 Å². The molecule has 0 bridgehead atoms. The van der Waals surface area contributed by atoms with Crippen LogP contribution in [0.25, 0.3) is 0 Å². The van der Waals surface area contributed by atoms with E-state index in [1.807, 2.05) is 38.1 Å². The lowest BCUT2D eigenvalue weighted by Gasteiger charge is -2.27. The topological polar surface area (TPSA) is 66.5 Å². The van der Waals surface area contributed by atoms with Gasteiger partial charge in [-0.1, -0.05) is 35.9 Å². The first-order valence-electron chi connectivity index (χ1n) is 8.84. The first-order chi connectivity index (χ1) is 12.7. The zero-order valence-electron chi connectivity index (χ0n) is 15.4. The van der Waals surface area contributed by atoms with E-state index < -0.39 is 15.6 Å². The average molecular weight is 407 g/mol. The quantitative estimate of drug-likeness (QED) is 0.824. The summed E-state index contributed by atoms with van der Waals surface area (Å²) in [6.45, 7) is 4.32. The number of nitrogens with zero attached hydrogens (tertiary/aromatic N) is 1. The minimum atomic E-state index is -3.28. The minimum Gasteiger partial charge on any atom is -0.347 e. The van der Waals surface area contributed by atoms with Crippen molar-refractivity contribution in [1.29, 1.82) is 0 Å². The normalized spacial score (nSPS) is 16.3. The molecule has 0 saturated carbocycles. The van der Waals surface area contributed by atoms with Crippen molar-refractivity contribution in [2.75, 3.05) is 16.6 Å². The van der Waals surface area contributed by atoms with E-state index in [4.69, 9.17) is 11.6 Å². The van der Waals surface area contributed by atoms with Crippen LogP contribution in [0.2, 0.25) is 5.02 Å². The summed E-state index contributed by atoms with van der Waals surface area (Å²) in [4.78, 5) is 12.8. The summed E-state index contributed by atoms with van der Waals surface area (Å²) in [5.41, 5.74) is 1.41. The van der Waals surface area contributed by atoms with Crippen molar-refractivity contribution in [3.05, 3.63) is 64.7 Å². The Labute approximate surface area is 165 Å². The molecule has 0 spiro atoms. The fourth-order valence-corrected chi connectivity index (χ4v) is 5.03. The molecule has 2 aromatic rings. The molecule has 3 rings (SSSR count). The van der Waals surface area contributed by atoms with Gasteiger partial charge in [0.15, 0.2) is 0 Å². The first-order valence-corrected chi connectivity index (χ1v) is 10.8. The number of rotatable bonds is 5. The van der Waals surface area contributed by atoms with E-state index in [1.54, 1.807) is 24.3 Å². The van der Waals surface area contributed by atoms with Crippen LogP contribution in [0, 0.1) is 0 Å². The Hall–Kier alpha value is -2.05. The highest BCUT2D eigenvalue weighted by molar-refractivity contribution is 7.93. The Morgan fingerprint density at radius 1 is 1.19 bits per heavy atom. The molecule has 0 atom stereocenters. The third-order valence-corrected chi connectivity index (χ3v) is 6.78. The van der Waals surface area contributed by atoms with Gasteiger partial charge in [0.05, 0.1) is 11.4 Å². The van der Waals surface area contributed by atoms with E-state index in [2.05, 4.69) is 5.32 Å². The van der Waals surface area contributed by atoms with Crippen LogP contribution in [0.4, 0.5) is 5.69 Å². The molecule has 0 aromatic heterocycles. The lowest BCUT2D eigenvalue weighted by molar-refractivity contribution is 0.0913. The van der Waals surface area contributed by atoms with Crippen LogP contribution in [0.5, 0.6) is 0 Å². The van der Waals surface area contributed by atoms with E-state index in [9.17, 15) is 13.2 Å². The number of benzene rings is 2. The highest BCUT2D eigenvalue weighted by Crippen LogP contribution is 2.25. The van der Waals surface area contributed by atoms with E-state index in [-0.39, 0.29) is 11.7 Å². The lowest BCUT2D eigenvalue weighted by Crippen LogP contribution is -2.45. The third-order valence-electron chi connectivity index (χ3n) is 4.54. The van der Waals surface area contributed by atoms with Gasteiger partial charge in [-0.3, -0.25) is 9.10 Å². The zero-order chi connectivity index (χ0) is 19.7. The number of hydrogen-bond acceptors (Lipinski definition) is 3. The van der Waals surface area contributed by atoms with Crippen LogP contribution in [0.1, 0.15) is 36.2 Å². The van der Waals surface area contributed by atoms with Gasteiger partial charge in [-0.05, 0) is 56.5 Å². The summed E-state index contributed by atoms with van der Waals surface area (Å²) >= 11 is 6.23. The van der Waals surface area contributed by atoms with Gasteiger partial charge in [0, 0.05) is 22.7 Å². The highest BCUT2D eigenvalue weighted by atomic mass is 35.5. The van der Waals surface area contributed by atoms with E-state index in [1.165, 1.54) is 4.31 Å². The summed E-state index contributed by atoms with van der Waals surface area (Å²) < 4.78 is 25.6. The standard InChI is InChI=1S/C20H23ClN2O3S/c1-20(2,14-16-7-3-4-10-18(16)21)22-19(24)15-8-5-9-17(13-15)23-11-6-12-27(23,25)26/h3-5,7-10,13H,6,11-12,14H2,1-2H3,(H,22,24). The second-order valence-corrected chi connectivity index (χ2v) is 9.82. The third kappa shape index (κ3) is 4.62. The number of nitrogens with one attached hydrogen (secondary N) is 1. The molecule has 1 aliphatic heterocycles. The summed E-state index contributed by atoms with van der Waals surface area (Å²) in [5, 5.41) is 3.69. The number of amides is 1. The largest absolute Gasteiger partial charge is 0.347 e. The molecule has 1 amide bonds. The molecule has 1 fully saturated rings. The Balaban J connectivity index is 1.76. The predicted molar refractivity (Wildman–Crippen MR) is 109 cm³/mol. The Bertz CT molecular complexity index is 957. The van der Waals surface area contributed by atoms with Gasteiger partial charge in [-0.2, -0.15) is 0 Å². The summed E-state index contributed by atoms with van der Waals surface area (Å²) in [5.74, 6) is -0.0978. The SMILES string of the molecule is CC(C)(Cc1ccccc1Cl)NC(=O)c1cccc(N2CCCS2(=O)=O)c1. The van der Waals surface area contributed by atoms with Gasteiger partial charge in [-0.15, -0.1) is 0 Å². The fraction of sp³-hybridized carbons (Fsp3) is 0.350. The van der Waals surface area contributed by atoms with Crippen LogP contribution in [0.3, 0.4) is 0 Å². The summed E-state index contributed by atoms with van der Waals surface area (Å²) in [6, 6.07) is 14.3. The van der Waals surface area contributed by atoms with Crippen LogP contribution in [0.15, 0.2) is 48.5 Å². The molecule has 1 heterocycles. The van der Waals surface area contributed by atoms with Crippen molar-refractivity contribution in [2.45, 2.75) is 32.2 Å². The number of carbonyl (C=O) groups is 1. The second kappa shape index (κ2) is 7.52. The number of carbonyl (C=O) groups excluding carboxylic acids is 1. The van der Waals surface area contributed by atoms with Gasteiger partial charge in [0.2, 0.25) is 10.0 Å². The van der Waals surface area contributed by atoms with Crippen molar-refractivity contribution in [2.24, 2.45) is 0 Å². The molecule has 1 saturated heterocycles. The Kier molecular flexibility index (Phi) is 5.49. The van der Waals surface area contributed by atoms with E-state index >= 15 is 0 Å². The highest BCUT2D eigenvalue weighted by Gasteiger charge is 2.29. The maximum Gasteiger partial charge on any atom is 0.251 e. The van der Waals surface area contributed by atoms with Crippen molar-refractivity contribution in [3.8, 4) is 0 Å². The van der Waals surface area contributed by atoms with Gasteiger partial charge in [0.1, 0.15) is 0 Å². The molecular weight excluding hydrogens is 384 g/mol. The average Bonchev–Trinajstić information content (AvgIpc) is 2.95. The number of halogens is 1. The number of hydrogen-bond donors (Lipinski definition) is 1. The second-order valence-electron chi connectivity index (χ2n) is 7.40. The van der Waals surface area contributed by atoms with Gasteiger partial charge in [0.25, 0.3) is 5.91 Å². The molecule has 0 radical (unpaired) electrons. The molecule has 0 aliphatic carbocycles. The molecule has 5 nitrogen and oxygen atoms in total. The van der Waals surface area contributed by atoms with Crippen LogP contribution >= 0.6 is 11.6 Å². The maximum atomic E-state index is 12.8. The molecule has 2 aromatic carbocycles. The molecule has 144 valence electrons. The molecule has 1 aliphatic rings. The zero-order valence-corrected chi connectivity index (χ0v) is 17.0. The molecule has 27 heavy (non-hydrogen) atoms. The predicted octanol–water partition coefficient (Wildman–Crippen LogP) is 3.63. The Morgan fingerprint density at radius 2 is 1.93 bits per heavy atom. The van der Waals surface area contributed by atoms with Crippen molar-refractivity contribution in [3.63, 3.8) is 0 Å². The molecule has 0 unspecified atom stereocenters. The molecule has 1 N–H and O–H groups in total. The van der Waals surface area contributed by atoms with Crippen LogP contribution in [-0.2, 0) is 16.4 Å². The summed E-state index contributed by atoms with van der Waals surface area (Å²) in [7, 11) is -3.28. The minimum absolute atomic E-state index is 0.147. The first kappa shape index (κ1) is 19.7. The smallest absolute Gasteiger partial charge is 0.251 e. The van der Waals surface area contributed by atoms with Gasteiger partial charge in [-0.25, -0.2) is 8.42 Å². The van der Waals surface area contributed by atoms with Gasteiger partial charge >= 0.3 is 0 Å². The molecule has 7 heteroatoms. The maximum absolute atomic E-state index is 12.8. The van der Waals surface area contributed by atoms with Crippen molar-refractivity contribution in [1.82, 2.24) is 5.32 Å². The van der Waals surface area contributed by atoms with Crippen LogP contribution in [-0.4, -0.2) is 32.2 Å². The lowest BCUT2D eigenvalue weighted by atomic mass is 9.94. The molecular formula is C20H23ClN2O3S. The summed E-state index contributed by atoms with van der Waals surface area (Å²) in [6.07, 6.45) is 1.18. The van der Waals surface area contributed by atoms with Crippen LogP contribution < -0.4 is 9.62 Å². The van der Waals surface area contributed by atoms with E-state index in [0.717, 1.165) is 5.56 Å².